The second-order valence-electron chi connectivity index (χ2n) is 4.05. The van der Waals surface area contributed by atoms with Gasteiger partial charge in [0, 0.05) is 5.69 Å². The van der Waals surface area contributed by atoms with Gasteiger partial charge in [-0.3, -0.25) is 0 Å². The molecule has 2 aromatic rings. The SMILES string of the molecule is Cc1ccc(Nc2c(N)cc(N)c(Cl)c2F)cc1. The minimum atomic E-state index is -0.644. The maximum absolute atomic E-state index is 13.9. The van der Waals surface area contributed by atoms with Gasteiger partial charge < -0.3 is 16.8 Å². The number of hydrogen-bond acceptors (Lipinski definition) is 3. The van der Waals surface area contributed by atoms with E-state index in [1.807, 2.05) is 31.2 Å². The Morgan fingerprint density at radius 2 is 1.72 bits per heavy atom. The zero-order valence-electron chi connectivity index (χ0n) is 9.80. The Bertz CT molecular complexity index is 582. The van der Waals surface area contributed by atoms with E-state index in [1.165, 1.54) is 6.07 Å². The summed E-state index contributed by atoms with van der Waals surface area (Å²) in [7, 11) is 0. The molecule has 0 amide bonds. The van der Waals surface area contributed by atoms with Crippen LogP contribution in [0.4, 0.5) is 27.1 Å². The van der Waals surface area contributed by atoms with Gasteiger partial charge in [-0.05, 0) is 25.1 Å². The third-order valence-electron chi connectivity index (χ3n) is 2.59. The van der Waals surface area contributed by atoms with Crippen LogP contribution >= 0.6 is 11.6 Å². The average Bonchev–Trinajstić information content (AvgIpc) is 2.34. The average molecular weight is 266 g/mol. The summed E-state index contributed by atoms with van der Waals surface area (Å²) in [5.41, 5.74) is 13.6. The lowest BCUT2D eigenvalue weighted by Gasteiger charge is -2.13. The van der Waals surface area contributed by atoms with Crippen LogP contribution in [-0.2, 0) is 0 Å². The first-order valence-corrected chi connectivity index (χ1v) is 5.73. The highest BCUT2D eigenvalue weighted by Crippen LogP contribution is 2.35. The molecule has 5 N–H and O–H groups in total. The lowest BCUT2D eigenvalue weighted by atomic mass is 10.2. The van der Waals surface area contributed by atoms with Crippen molar-refractivity contribution in [2.24, 2.45) is 0 Å². The first kappa shape index (κ1) is 12.5. The molecule has 0 saturated carbocycles. The molecule has 0 atom stereocenters. The molecule has 3 nitrogen and oxygen atoms in total. The van der Waals surface area contributed by atoms with Gasteiger partial charge in [-0.15, -0.1) is 0 Å². The first-order valence-electron chi connectivity index (χ1n) is 5.35. The van der Waals surface area contributed by atoms with E-state index in [4.69, 9.17) is 23.1 Å². The summed E-state index contributed by atoms with van der Waals surface area (Å²) in [6.07, 6.45) is 0. The molecule has 0 fully saturated rings. The molecule has 0 aliphatic heterocycles. The monoisotopic (exact) mass is 265 g/mol. The molecule has 5 heteroatoms. The molecule has 0 aliphatic rings. The first-order chi connectivity index (χ1) is 8.49. The standard InChI is InChI=1S/C13H13ClFN3/c1-7-2-4-8(5-3-7)18-13-10(17)6-9(16)11(14)12(13)15/h2-6,18H,16-17H2,1H3. The number of halogens is 2. The highest BCUT2D eigenvalue weighted by Gasteiger charge is 2.14. The number of nitrogens with one attached hydrogen (secondary N) is 1. The van der Waals surface area contributed by atoms with E-state index in [0.29, 0.717) is 0 Å². The van der Waals surface area contributed by atoms with E-state index in [2.05, 4.69) is 5.32 Å². The molecule has 0 bridgehead atoms. The fourth-order valence-electron chi connectivity index (χ4n) is 1.57. The van der Waals surface area contributed by atoms with Crippen LogP contribution in [0.1, 0.15) is 5.56 Å². The molecule has 0 saturated heterocycles. The zero-order valence-corrected chi connectivity index (χ0v) is 10.6. The highest BCUT2D eigenvalue weighted by atomic mass is 35.5. The Balaban J connectivity index is 2.40. The van der Waals surface area contributed by atoms with Crippen LogP contribution in [0, 0.1) is 12.7 Å². The number of hydrogen-bond donors (Lipinski definition) is 3. The second kappa shape index (κ2) is 4.74. The Labute approximate surface area is 110 Å². The van der Waals surface area contributed by atoms with Crippen molar-refractivity contribution in [3.05, 3.63) is 46.7 Å². The van der Waals surface area contributed by atoms with E-state index in [-0.39, 0.29) is 22.1 Å². The normalized spacial score (nSPS) is 10.4. The van der Waals surface area contributed by atoms with Crippen molar-refractivity contribution >= 4 is 34.4 Å². The third-order valence-corrected chi connectivity index (χ3v) is 2.97. The van der Waals surface area contributed by atoms with Gasteiger partial charge in [-0.2, -0.15) is 0 Å². The van der Waals surface area contributed by atoms with E-state index in [1.54, 1.807) is 0 Å². The molecule has 94 valence electrons. The summed E-state index contributed by atoms with van der Waals surface area (Å²) < 4.78 is 13.9. The predicted octanol–water partition coefficient (Wildman–Crippen LogP) is 3.70. The summed E-state index contributed by atoms with van der Waals surface area (Å²) in [4.78, 5) is 0. The maximum Gasteiger partial charge on any atom is 0.169 e. The van der Waals surface area contributed by atoms with Crippen LogP contribution in [0.2, 0.25) is 5.02 Å². The summed E-state index contributed by atoms with van der Waals surface area (Å²) in [6, 6.07) is 8.92. The van der Waals surface area contributed by atoms with Crippen molar-refractivity contribution in [2.75, 3.05) is 16.8 Å². The predicted molar refractivity (Wildman–Crippen MR) is 74.7 cm³/mol. The quantitative estimate of drug-likeness (QED) is 0.726. The van der Waals surface area contributed by atoms with Crippen molar-refractivity contribution in [1.82, 2.24) is 0 Å². The minimum absolute atomic E-state index is 0.126. The molecule has 2 rings (SSSR count). The van der Waals surface area contributed by atoms with Gasteiger partial charge in [0.2, 0.25) is 0 Å². The number of nitrogen functional groups attached to an aromatic ring is 2. The fourth-order valence-corrected chi connectivity index (χ4v) is 1.72. The fraction of sp³-hybridized carbons (Fsp3) is 0.0769. The smallest absolute Gasteiger partial charge is 0.169 e. The number of rotatable bonds is 2. The van der Waals surface area contributed by atoms with E-state index >= 15 is 0 Å². The van der Waals surface area contributed by atoms with Crippen LogP contribution in [0.15, 0.2) is 30.3 Å². The van der Waals surface area contributed by atoms with Crippen molar-refractivity contribution in [1.29, 1.82) is 0 Å². The van der Waals surface area contributed by atoms with Gasteiger partial charge in [-0.25, -0.2) is 4.39 Å². The van der Waals surface area contributed by atoms with Crippen molar-refractivity contribution in [3.8, 4) is 0 Å². The van der Waals surface area contributed by atoms with Crippen molar-refractivity contribution in [3.63, 3.8) is 0 Å². The van der Waals surface area contributed by atoms with Crippen molar-refractivity contribution < 1.29 is 4.39 Å². The van der Waals surface area contributed by atoms with Gasteiger partial charge >= 0.3 is 0 Å². The highest BCUT2D eigenvalue weighted by molar-refractivity contribution is 6.33. The topological polar surface area (TPSA) is 64.1 Å². The molecule has 0 aliphatic carbocycles. The van der Waals surface area contributed by atoms with Crippen molar-refractivity contribution in [2.45, 2.75) is 6.92 Å². The van der Waals surface area contributed by atoms with Crippen LogP contribution in [0.25, 0.3) is 0 Å². The molecule has 0 aromatic heterocycles. The Morgan fingerprint density at radius 3 is 2.33 bits per heavy atom. The zero-order chi connectivity index (χ0) is 13.3. The van der Waals surface area contributed by atoms with Gasteiger partial charge in [-0.1, -0.05) is 29.3 Å². The summed E-state index contributed by atoms with van der Waals surface area (Å²) in [5.74, 6) is -0.644. The molecule has 18 heavy (non-hydrogen) atoms. The van der Waals surface area contributed by atoms with Crippen LogP contribution in [0.3, 0.4) is 0 Å². The third kappa shape index (κ3) is 2.33. The van der Waals surface area contributed by atoms with Crippen LogP contribution < -0.4 is 16.8 Å². The van der Waals surface area contributed by atoms with E-state index in [0.717, 1.165) is 11.3 Å². The molecule has 2 aromatic carbocycles. The lowest BCUT2D eigenvalue weighted by Crippen LogP contribution is -2.02. The second-order valence-corrected chi connectivity index (χ2v) is 4.43. The number of nitrogens with two attached hydrogens (primary N) is 2. The summed E-state index contributed by atoms with van der Waals surface area (Å²) in [5, 5.41) is 2.77. The minimum Gasteiger partial charge on any atom is -0.397 e. The molecule has 0 radical (unpaired) electrons. The number of benzene rings is 2. The number of anilines is 4. The molecule has 0 spiro atoms. The summed E-state index contributed by atoms with van der Waals surface area (Å²) >= 11 is 5.75. The number of aryl methyl sites for hydroxylation is 1. The summed E-state index contributed by atoms with van der Waals surface area (Å²) in [6.45, 7) is 1.97. The molecule has 0 heterocycles. The molecule has 0 unspecified atom stereocenters. The van der Waals surface area contributed by atoms with Gasteiger partial charge in [0.1, 0.15) is 5.02 Å². The van der Waals surface area contributed by atoms with E-state index in [9.17, 15) is 4.39 Å². The van der Waals surface area contributed by atoms with Crippen LogP contribution in [-0.4, -0.2) is 0 Å². The van der Waals surface area contributed by atoms with Gasteiger partial charge in [0.25, 0.3) is 0 Å². The van der Waals surface area contributed by atoms with Gasteiger partial charge in [0.05, 0.1) is 17.1 Å². The Morgan fingerprint density at radius 1 is 1.11 bits per heavy atom. The van der Waals surface area contributed by atoms with E-state index < -0.39 is 5.82 Å². The Hall–Kier alpha value is -1.94. The largest absolute Gasteiger partial charge is 0.397 e. The molecular weight excluding hydrogens is 253 g/mol. The maximum atomic E-state index is 13.9. The lowest BCUT2D eigenvalue weighted by molar-refractivity contribution is 0.633. The van der Waals surface area contributed by atoms with Gasteiger partial charge in [0.15, 0.2) is 5.82 Å². The molecular formula is C13H13ClFN3. The Kier molecular flexibility index (Phi) is 3.30. The van der Waals surface area contributed by atoms with Crippen LogP contribution in [0.5, 0.6) is 0 Å².